The van der Waals surface area contributed by atoms with Gasteiger partial charge in [-0.05, 0) is 24.0 Å². The Morgan fingerprint density at radius 3 is 2.67 bits per heavy atom. The summed E-state index contributed by atoms with van der Waals surface area (Å²) in [7, 11) is 0. The van der Waals surface area contributed by atoms with Gasteiger partial charge in [0.25, 0.3) is 0 Å². The maximum Gasteiger partial charge on any atom is 0.302 e. The van der Waals surface area contributed by atoms with Crippen LogP contribution in [0.15, 0.2) is 24.3 Å². The van der Waals surface area contributed by atoms with Gasteiger partial charge in [-0.1, -0.05) is 24.3 Å². The predicted molar refractivity (Wildman–Crippen MR) is 66.9 cm³/mol. The van der Waals surface area contributed by atoms with Crippen LogP contribution in [0, 0.1) is 0 Å². The van der Waals surface area contributed by atoms with Crippen LogP contribution in [-0.4, -0.2) is 18.0 Å². The highest BCUT2D eigenvalue weighted by atomic mass is 16.5. The van der Waals surface area contributed by atoms with E-state index < -0.39 is 0 Å². The van der Waals surface area contributed by atoms with Crippen molar-refractivity contribution in [1.29, 1.82) is 0 Å². The fourth-order valence-electron chi connectivity index (χ4n) is 2.46. The number of nitrogens with one attached hydrogen (secondary N) is 1. The molecule has 0 aromatic heterocycles. The molecule has 0 saturated carbocycles. The van der Waals surface area contributed by atoms with Crippen LogP contribution < -0.4 is 5.32 Å². The molecule has 0 heterocycles. The molecule has 18 heavy (non-hydrogen) atoms. The summed E-state index contributed by atoms with van der Waals surface area (Å²) in [6, 6.07) is 7.70. The molecule has 1 aromatic carbocycles. The number of ether oxygens (including phenoxy) is 1. The first-order chi connectivity index (χ1) is 8.58. The van der Waals surface area contributed by atoms with Crippen molar-refractivity contribution in [2.24, 2.45) is 0 Å². The molecule has 96 valence electrons. The summed E-state index contributed by atoms with van der Waals surface area (Å²) >= 11 is 0. The molecule has 2 rings (SSSR count). The lowest BCUT2D eigenvalue weighted by Gasteiger charge is -2.33. The van der Waals surface area contributed by atoms with E-state index in [-0.39, 0.29) is 24.0 Å². The van der Waals surface area contributed by atoms with Gasteiger partial charge in [-0.3, -0.25) is 9.59 Å². The number of amides is 1. The lowest BCUT2D eigenvalue weighted by molar-refractivity contribution is -0.149. The minimum Gasteiger partial charge on any atom is -0.460 e. The van der Waals surface area contributed by atoms with E-state index in [1.165, 1.54) is 19.4 Å². The van der Waals surface area contributed by atoms with Crippen molar-refractivity contribution < 1.29 is 14.3 Å². The Bertz CT molecular complexity index is 470. The van der Waals surface area contributed by atoms with Gasteiger partial charge in [-0.15, -0.1) is 0 Å². The third kappa shape index (κ3) is 2.70. The van der Waals surface area contributed by atoms with E-state index in [9.17, 15) is 9.59 Å². The van der Waals surface area contributed by atoms with E-state index in [0.717, 1.165) is 18.4 Å². The molecule has 0 bridgehead atoms. The molecule has 1 amide bonds. The second-order valence-corrected chi connectivity index (χ2v) is 4.56. The number of hydrogen-bond acceptors (Lipinski definition) is 3. The van der Waals surface area contributed by atoms with E-state index in [4.69, 9.17) is 4.74 Å². The lowest BCUT2D eigenvalue weighted by Crippen LogP contribution is -2.40. The standard InChI is InChI=1S/C14H17NO3/c1-9(16)15-14-12-6-4-3-5-11(12)7-8-13(14)18-10(2)17/h3-6,13-14H,7-8H2,1-2H3,(H,15,16)/t13-,14-/m0/s1. The molecular weight excluding hydrogens is 230 g/mol. The summed E-state index contributed by atoms with van der Waals surface area (Å²) in [6.07, 6.45) is 1.33. The number of esters is 1. The Hall–Kier alpha value is -1.84. The predicted octanol–water partition coefficient (Wildman–Crippen LogP) is 1.74. The third-order valence-corrected chi connectivity index (χ3v) is 3.14. The maximum atomic E-state index is 11.3. The second-order valence-electron chi connectivity index (χ2n) is 4.56. The Morgan fingerprint density at radius 1 is 1.28 bits per heavy atom. The van der Waals surface area contributed by atoms with Gasteiger partial charge in [0.05, 0.1) is 6.04 Å². The van der Waals surface area contributed by atoms with Gasteiger partial charge in [0.15, 0.2) is 0 Å². The molecule has 1 N–H and O–H groups in total. The van der Waals surface area contributed by atoms with Crippen LogP contribution >= 0.6 is 0 Å². The zero-order chi connectivity index (χ0) is 13.1. The molecular formula is C14H17NO3. The Morgan fingerprint density at radius 2 is 2.00 bits per heavy atom. The monoisotopic (exact) mass is 247 g/mol. The zero-order valence-corrected chi connectivity index (χ0v) is 10.6. The van der Waals surface area contributed by atoms with Crippen LogP contribution in [0.2, 0.25) is 0 Å². The summed E-state index contributed by atoms with van der Waals surface area (Å²) in [4.78, 5) is 22.4. The smallest absolute Gasteiger partial charge is 0.302 e. The molecule has 2 atom stereocenters. The van der Waals surface area contributed by atoms with Crippen molar-refractivity contribution in [3.63, 3.8) is 0 Å². The van der Waals surface area contributed by atoms with Crippen molar-refractivity contribution in [3.05, 3.63) is 35.4 Å². The van der Waals surface area contributed by atoms with Crippen molar-refractivity contribution in [1.82, 2.24) is 5.32 Å². The fraction of sp³-hybridized carbons (Fsp3) is 0.429. The summed E-state index contributed by atoms with van der Waals surface area (Å²) in [5.41, 5.74) is 2.25. The minimum absolute atomic E-state index is 0.117. The summed E-state index contributed by atoms with van der Waals surface area (Å²) < 4.78 is 5.31. The summed E-state index contributed by atoms with van der Waals surface area (Å²) in [5.74, 6) is -0.427. The average molecular weight is 247 g/mol. The SMILES string of the molecule is CC(=O)N[C@H]1c2ccccc2CC[C@@H]1OC(C)=O. The van der Waals surface area contributed by atoms with Gasteiger partial charge >= 0.3 is 5.97 Å². The highest BCUT2D eigenvalue weighted by molar-refractivity contribution is 5.74. The molecule has 0 fully saturated rings. The minimum atomic E-state index is -0.310. The van der Waals surface area contributed by atoms with Crippen LogP contribution in [0.1, 0.15) is 37.4 Å². The lowest BCUT2D eigenvalue weighted by atomic mass is 9.85. The van der Waals surface area contributed by atoms with E-state index in [0.29, 0.717) is 0 Å². The van der Waals surface area contributed by atoms with E-state index in [2.05, 4.69) is 5.32 Å². The summed E-state index contributed by atoms with van der Waals surface area (Å²) in [5, 5.41) is 2.88. The molecule has 4 heteroatoms. The average Bonchev–Trinajstić information content (AvgIpc) is 2.31. The quantitative estimate of drug-likeness (QED) is 0.810. The number of fused-ring (bicyclic) bond motifs is 1. The van der Waals surface area contributed by atoms with Crippen LogP contribution in [0.25, 0.3) is 0 Å². The molecule has 0 radical (unpaired) electrons. The largest absolute Gasteiger partial charge is 0.460 e. The highest BCUT2D eigenvalue weighted by Crippen LogP contribution is 2.31. The first-order valence-electron chi connectivity index (χ1n) is 6.10. The Labute approximate surface area is 106 Å². The number of rotatable bonds is 2. The molecule has 1 aliphatic carbocycles. The molecule has 0 spiro atoms. The van der Waals surface area contributed by atoms with Gasteiger partial charge < -0.3 is 10.1 Å². The molecule has 0 saturated heterocycles. The molecule has 1 aliphatic rings. The first kappa shape index (κ1) is 12.6. The van der Waals surface area contributed by atoms with Crippen LogP contribution in [0.4, 0.5) is 0 Å². The van der Waals surface area contributed by atoms with Crippen LogP contribution in [0.3, 0.4) is 0 Å². The number of carbonyl (C=O) groups excluding carboxylic acids is 2. The van der Waals surface area contributed by atoms with Gasteiger partial charge in [0.1, 0.15) is 6.10 Å². The summed E-state index contributed by atoms with van der Waals surface area (Å²) in [6.45, 7) is 2.87. The zero-order valence-electron chi connectivity index (χ0n) is 10.6. The first-order valence-corrected chi connectivity index (χ1v) is 6.10. The van der Waals surface area contributed by atoms with Crippen molar-refractivity contribution in [2.75, 3.05) is 0 Å². The number of aryl methyl sites for hydroxylation is 1. The van der Waals surface area contributed by atoms with Crippen molar-refractivity contribution in [3.8, 4) is 0 Å². The molecule has 1 aromatic rings. The Balaban J connectivity index is 2.30. The topological polar surface area (TPSA) is 55.4 Å². The van der Waals surface area contributed by atoms with Crippen LogP contribution in [0.5, 0.6) is 0 Å². The van der Waals surface area contributed by atoms with Crippen LogP contribution in [-0.2, 0) is 20.7 Å². The van der Waals surface area contributed by atoms with Gasteiger partial charge in [-0.2, -0.15) is 0 Å². The van der Waals surface area contributed by atoms with Crippen molar-refractivity contribution >= 4 is 11.9 Å². The highest BCUT2D eigenvalue weighted by Gasteiger charge is 2.32. The third-order valence-electron chi connectivity index (χ3n) is 3.14. The molecule has 4 nitrogen and oxygen atoms in total. The normalized spacial score (nSPS) is 21.9. The number of hydrogen-bond donors (Lipinski definition) is 1. The van der Waals surface area contributed by atoms with E-state index in [1.54, 1.807) is 0 Å². The van der Waals surface area contributed by atoms with E-state index >= 15 is 0 Å². The van der Waals surface area contributed by atoms with Gasteiger partial charge in [0.2, 0.25) is 5.91 Å². The van der Waals surface area contributed by atoms with Gasteiger partial charge in [0, 0.05) is 13.8 Å². The van der Waals surface area contributed by atoms with Crippen molar-refractivity contribution in [2.45, 2.75) is 38.8 Å². The second kappa shape index (κ2) is 5.21. The number of carbonyl (C=O) groups is 2. The maximum absolute atomic E-state index is 11.3. The van der Waals surface area contributed by atoms with E-state index in [1.807, 2.05) is 24.3 Å². The fourth-order valence-corrected chi connectivity index (χ4v) is 2.46. The number of benzene rings is 1. The Kier molecular flexibility index (Phi) is 3.65. The van der Waals surface area contributed by atoms with Gasteiger partial charge in [-0.25, -0.2) is 0 Å². The molecule has 0 unspecified atom stereocenters. The molecule has 0 aliphatic heterocycles.